The monoisotopic (exact) mass is 422 g/mol. The van der Waals surface area contributed by atoms with Crippen LogP contribution in [-0.4, -0.2) is 49.8 Å². The fourth-order valence-electron chi connectivity index (χ4n) is 4.17. The smallest absolute Gasteiger partial charge is 0.243 e. The van der Waals surface area contributed by atoms with Gasteiger partial charge in [0, 0.05) is 19.1 Å². The van der Waals surface area contributed by atoms with Crippen molar-refractivity contribution >= 4 is 32.7 Å². The molecule has 0 spiro atoms. The van der Waals surface area contributed by atoms with Gasteiger partial charge in [-0.3, -0.25) is 4.79 Å². The van der Waals surface area contributed by atoms with E-state index in [2.05, 4.69) is 21.5 Å². The number of thiazole rings is 1. The number of nitrogens with zero attached hydrogens (tertiary/aromatic N) is 5. The van der Waals surface area contributed by atoms with E-state index in [4.69, 9.17) is 0 Å². The quantitative estimate of drug-likeness (QED) is 0.669. The Bertz CT molecular complexity index is 1150. The van der Waals surface area contributed by atoms with Crippen molar-refractivity contribution < 1.29 is 9.90 Å². The zero-order chi connectivity index (χ0) is 21.0. The van der Waals surface area contributed by atoms with Crippen LogP contribution in [0.1, 0.15) is 30.4 Å². The zero-order valence-corrected chi connectivity index (χ0v) is 17.7. The lowest BCUT2D eigenvalue weighted by molar-refractivity contribution is -0.133. The van der Waals surface area contributed by atoms with Gasteiger partial charge < -0.3 is 15.3 Å². The Kier molecular flexibility index (Phi) is 4.22. The summed E-state index contributed by atoms with van der Waals surface area (Å²) in [4.78, 5) is 18.9. The summed E-state index contributed by atoms with van der Waals surface area (Å²) in [6, 6.07) is 6.04. The first kappa shape index (κ1) is 18.9. The van der Waals surface area contributed by atoms with Crippen LogP contribution in [0.5, 0.6) is 5.75 Å². The van der Waals surface area contributed by atoms with Gasteiger partial charge in [0.05, 0.1) is 17.0 Å². The highest BCUT2D eigenvalue weighted by Gasteiger charge is 2.53. The van der Waals surface area contributed by atoms with Gasteiger partial charge in [-0.1, -0.05) is 17.4 Å². The topological polar surface area (TPSA) is 107 Å². The molecular weight excluding hydrogens is 400 g/mol. The number of nitrogens with one attached hydrogen (secondary N) is 1. The molecule has 9 heteroatoms. The number of rotatable bonds is 4. The molecule has 1 saturated carbocycles. The van der Waals surface area contributed by atoms with E-state index in [1.165, 1.54) is 11.3 Å². The number of aromatic nitrogens is 3. The summed E-state index contributed by atoms with van der Waals surface area (Å²) in [7, 11) is 0. The van der Waals surface area contributed by atoms with Gasteiger partial charge in [0.15, 0.2) is 10.8 Å². The van der Waals surface area contributed by atoms with Crippen molar-refractivity contribution in [2.24, 2.45) is 5.41 Å². The first-order valence-corrected chi connectivity index (χ1v) is 10.8. The molecule has 3 heterocycles. The summed E-state index contributed by atoms with van der Waals surface area (Å²) in [5.41, 5.74) is 2.47. The molecule has 0 radical (unpaired) electrons. The van der Waals surface area contributed by atoms with Crippen LogP contribution >= 0.6 is 11.3 Å². The maximum absolute atomic E-state index is 12.5. The summed E-state index contributed by atoms with van der Waals surface area (Å²) in [5.74, 6) is 0.172. The van der Waals surface area contributed by atoms with E-state index in [1.54, 1.807) is 15.6 Å². The van der Waals surface area contributed by atoms with E-state index in [0.29, 0.717) is 37.3 Å². The lowest BCUT2D eigenvalue weighted by Gasteiger charge is -2.19. The molecule has 1 amide bonds. The van der Waals surface area contributed by atoms with Gasteiger partial charge in [0.25, 0.3) is 0 Å². The number of likely N-dealkylation sites (tertiary alicyclic amines) is 1. The number of anilines is 1. The lowest BCUT2D eigenvalue weighted by atomic mass is 10.1. The van der Waals surface area contributed by atoms with Gasteiger partial charge in [0.2, 0.25) is 5.91 Å². The van der Waals surface area contributed by atoms with Crippen LogP contribution in [0.2, 0.25) is 0 Å². The summed E-state index contributed by atoms with van der Waals surface area (Å²) in [5, 5.41) is 28.3. The fourth-order valence-corrected chi connectivity index (χ4v) is 5.07. The second-order valence-corrected chi connectivity index (χ2v) is 9.34. The van der Waals surface area contributed by atoms with Crippen molar-refractivity contribution in [1.29, 1.82) is 5.26 Å². The van der Waals surface area contributed by atoms with Crippen LogP contribution in [0.15, 0.2) is 18.3 Å². The van der Waals surface area contributed by atoms with Gasteiger partial charge in [-0.2, -0.15) is 10.2 Å². The third-order valence-corrected chi connectivity index (χ3v) is 6.82. The molecule has 5 rings (SSSR count). The Labute approximate surface area is 177 Å². The fraction of sp³-hybridized carbons (Fsp3) is 0.429. The van der Waals surface area contributed by atoms with Crippen LogP contribution in [0.4, 0.5) is 5.13 Å². The summed E-state index contributed by atoms with van der Waals surface area (Å²) < 4.78 is 2.60. The molecule has 8 nitrogen and oxygen atoms in total. The molecule has 1 aliphatic heterocycles. The number of benzene rings is 1. The number of carbonyl (C=O) groups is 1. The largest absolute Gasteiger partial charge is 0.506 e. The number of aromatic hydroxyl groups is 1. The Balaban J connectivity index is 1.30. The highest BCUT2D eigenvalue weighted by Crippen LogP contribution is 2.47. The van der Waals surface area contributed by atoms with Crippen LogP contribution in [0.3, 0.4) is 0 Å². The number of carbonyl (C=O) groups excluding carboxylic acids is 1. The van der Waals surface area contributed by atoms with Gasteiger partial charge >= 0.3 is 0 Å². The number of nitriles is 1. The van der Waals surface area contributed by atoms with Gasteiger partial charge in [-0.25, -0.2) is 4.68 Å². The number of hydrogen-bond donors (Lipinski definition) is 2. The van der Waals surface area contributed by atoms with Crippen LogP contribution < -0.4 is 5.32 Å². The number of aryl methyl sites for hydroxylation is 2. The predicted octanol–water partition coefficient (Wildman–Crippen LogP) is 3.12. The number of fused-ring (bicyclic) bond motifs is 1. The van der Waals surface area contributed by atoms with E-state index < -0.39 is 5.41 Å². The molecule has 2 aliphatic rings. The van der Waals surface area contributed by atoms with E-state index in [9.17, 15) is 15.2 Å². The van der Waals surface area contributed by atoms with Crippen molar-refractivity contribution in [3.05, 3.63) is 29.5 Å². The molecule has 154 valence electrons. The molecule has 0 bridgehead atoms. The summed E-state index contributed by atoms with van der Waals surface area (Å²) in [6.07, 6.45) is 4.07. The molecule has 30 heavy (non-hydrogen) atoms. The second-order valence-electron chi connectivity index (χ2n) is 8.31. The molecule has 2 N–H and O–H groups in total. The third kappa shape index (κ3) is 3.08. The molecule has 1 aliphatic carbocycles. The number of phenolic OH excluding ortho intramolecular Hbond substituents is 1. The molecule has 2 fully saturated rings. The molecular formula is C21H22N6O2S. The molecule has 1 atom stereocenters. The molecule has 2 aromatic heterocycles. The van der Waals surface area contributed by atoms with Crippen molar-refractivity contribution in [1.82, 2.24) is 19.7 Å². The van der Waals surface area contributed by atoms with Crippen LogP contribution in [0, 0.1) is 30.6 Å². The van der Waals surface area contributed by atoms with Crippen molar-refractivity contribution in [2.75, 3.05) is 18.4 Å². The molecule has 1 unspecified atom stereocenters. The number of phenols is 1. The second kappa shape index (κ2) is 6.71. The molecule has 3 aromatic rings. The van der Waals surface area contributed by atoms with Gasteiger partial charge in [-0.15, -0.1) is 5.10 Å². The van der Waals surface area contributed by atoms with E-state index in [1.807, 2.05) is 26.1 Å². The summed E-state index contributed by atoms with van der Waals surface area (Å²) in [6.45, 7) is 5.15. The minimum atomic E-state index is -0.756. The van der Waals surface area contributed by atoms with Crippen LogP contribution in [-0.2, 0) is 4.79 Å². The Hall–Kier alpha value is -3.12. The van der Waals surface area contributed by atoms with Crippen molar-refractivity contribution in [2.45, 2.75) is 39.2 Å². The Morgan fingerprint density at radius 2 is 2.20 bits per heavy atom. The average Bonchev–Trinajstić information content (AvgIpc) is 2.97. The number of hydrogen-bond acceptors (Lipinski definition) is 7. The first-order valence-electron chi connectivity index (χ1n) is 10.0. The SMILES string of the molecule is Cc1cc(C)c(-n2cc3sc(NC4CCN(C(=O)C5(C#N)CC5)C4)nc3n2)c(O)c1. The zero-order valence-electron chi connectivity index (χ0n) is 16.8. The Morgan fingerprint density at radius 3 is 2.87 bits per heavy atom. The first-order chi connectivity index (χ1) is 14.4. The maximum atomic E-state index is 12.5. The Morgan fingerprint density at radius 1 is 1.40 bits per heavy atom. The van der Waals surface area contributed by atoms with E-state index in [-0.39, 0.29) is 17.7 Å². The van der Waals surface area contributed by atoms with E-state index in [0.717, 1.165) is 27.4 Å². The van der Waals surface area contributed by atoms with E-state index >= 15 is 0 Å². The number of amides is 1. The van der Waals surface area contributed by atoms with Crippen LogP contribution in [0.25, 0.3) is 16.0 Å². The van der Waals surface area contributed by atoms with Crippen molar-refractivity contribution in [3.63, 3.8) is 0 Å². The normalized spacial score (nSPS) is 19.8. The summed E-state index contributed by atoms with van der Waals surface area (Å²) >= 11 is 1.50. The molecule has 1 saturated heterocycles. The average molecular weight is 423 g/mol. The third-order valence-electron chi connectivity index (χ3n) is 5.91. The van der Waals surface area contributed by atoms with Crippen molar-refractivity contribution in [3.8, 4) is 17.5 Å². The lowest BCUT2D eigenvalue weighted by Crippen LogP contribution is -2.36. The van der Waals surface area contributed by atoms with Gasteiger partial charge in [-0.05, 0) is 50.3 Å². The minimum absolute atomic E-state index is 0.0248. The molecule has 1 aromatic carbocycles. The highest BCUT2D eigenvalue weighted by molar-refractivity contribution is 7.22. The van der Waals surface area contributed by atoms with Gasteiger partial charge in [0.1, 0.15) is 16.9 Å². The minimum Gasteiger partial charge on any atom is -0.506 e. The standard InChI is InChI=1S/C21H22N6O2S/c1-12-7-13(2)17(15(28)8-12)27-10-16-18(25-27)24-20(30-16)23-14-3-6-26(9-14)19(29)21(11-22)4-5-21/h7-8,10,14,28H,3-6,9H2,1-2H3,(H,23,24,25). The highest BCUT2D eigenvalue weighted by atomic mass is 32.1. The predicted molar refractivity (Wildman–Crippen MR) is 114 cm³/mol. The maximum Gasteiger partial charge on any atom is 0.243 e.